The van der Waals surface area contributed by atoms with Crippen molar-refractivity contribution < 1.29 is 0 Å². The molecule has 0 unspecified atom stereocenters. The standard InChI is InChI=1S/C12H16N4/c13-4-6-16-7-5-15-12(16)9-10-2-1-3-11(14)8-10/h1-3,5,7-8H,4,6,9,13-14H2. The van der Waals surface area contributed by atoms with Crippen LogP contribution >= 0.6 is 0 Å². The van der Waals surface area contributed by atoms with Gasteiger partial charge in [0.15, 0.2) is 0 Å². The average molecular weight is 216 g/mol. The summed E-state index contributed by atoms with van der Waals surface area (Å²) >= 11 is 0. The number of rotatable bonds is 4. The molecule has 0 fully saturated rings. The smallest absolute Gasteiger partial charge is 0.113 e. The van der Waals surface area contributed by atoms with Crippen LogP contribution in [0.5, 0.6) is 0 Å². The number of nitrogens with zero attached hydrogens (tertiary/aromatic N) is 2. The lowest BCUT2D eigenvalue weighted by molar-refractivity contribution is 0.671. The van der Waals surface area contributed by atoms with Gasteiger partial charge in [-0.2, -0.15) is 0 Å². The summed E-state index contributed by atoms with van der Waals surface area (Å²) in [5.74, 6) is 1.02. The molecule has 16 heavy (non-hydrogen) atoms. The molecule has 1 aromatic carbocycles. The van der Waals surface area contributed by atoms with Crippen molar-refractivity contribution >= 4 is 5.69 Å². The predicted octanol–water partition coefficient (Wildman–Crippen LogP) is 1.01. The van der Waals surface area contributed by atoms with Gasteiger partial charge in [-0.1, -0.05) is 12.1 Å². The fourth-order valence-corrected chi connectivity index (χ4v) is 1.74. The van der Waals surface area contributed by atoms with Crippen LogP contribution < -0.4 is 11.5 Å². The highest BCUT2D eigenvalue weighted by molar-refractivity contribution is 5.41. The van der Waals surface area contributed by atoms with Gasteiger partial charge in [0, 0.05) is 37.6 Å². The van der Waals surface area contributed by atoms with Crippen LogP contribution in [0.25, 0.3) is 0 Å². The fraction of sp³-hybridized carbons (Fsp3) is 0.250. The molecule has 4 heteroatoms. The Hall–Kier alpha value is -1.81. The largest absolute Gasteiger partial charge is 0.399 e. The molecule has 0 aliphatic heterocycles. The van der Waals surface area contributed by atoms with Crippen molar-refractivity contribution in [3.63, 3.8) is 0 Å². The molecule has 0 radical (unpaired) electrons. The van der Waals surface area contributed by atoms with Crippen LogP contribution in [-0.4, -0.2) is 16.1 Å². The molecule has 0 saturated heterocycles. The third-order valence-corrected chi connectivity index (χ3v) is 2.48. The van der Waals surface area contributed by atoms with E-state index in [2.05, 4.69) is 15.6 Å². The van der Waals surface area contributed by atoms with E-state index in [9.17, 15) is 0 Å². The van der Waals surface area contributed by atoms with E-state index in [0.29, 0.717) is 6.54 Å². The molecular weight excluding hydrogens is 200 g/mol. The van der Waals surface area contributed by atoms with Crippen molar-refractivity contribution in [3.05, 3.63) is 48.0 Å². The lowest BCUT2D eigenvalue weighted by Gasteiger charge is -2.06. The van der Waals surface area contributed by atoms with E-state index >= 15 is 0 Å². The van der Waals surface area contributed by atoms with E-state index in [1.807, 2.05) is 24.4 Å². The van der Waals surface area contributed by atoms with Crippen molar-refractivity contribution in [3.8, 4) is 0 Å². The van der Waals surface area contributed by atoms with Gasteiger partial charge >= 0.3 is 0 Å². The molecule has 0 bridgehead atoms. The van der Waals surface area contributed by atoms with Gasteiger partial charge in [-0.25, -0.2) is 4.98 Å². The van der Waals surface area contributed by atoms with Gasteiger partial charge in [0.1, 0.15) is 5.82 Å². The Labute approximate surface area is 94.9 Å². The Morgan fingerprint density at radius 2 is 2.19 bits per heavy atom. The summed E-state index contributed by atoms with van der Waals surface area (Å²) in [7, 11) is 0. The molecule has 4 nitrogen and oxygen atoms in total. The zero-order chi connectivity index (χ0) is 11.4. The van der Waals surface area contributed by atoms with Crippen molar-refractivity contribution in [2.45, 2.75) is 13.0 Å². The summed E-state index contributed by atoms with van der Waals surface area (Å²) in [5, 5.41) is 0. The lowest BCUT2D eigenvalue weighted by Crippen LogP contribution is -2.12. The van der Waals surface area contributed by atoms with E-state index in [1.165, 1.54) is 5.56 Å². The molecular formula is C12H16N4. The minimum atomic E-state index is 0.625. The molecule has 0 spiro atoms. The molecule has 0 atom stereocenters. The third-order valence-electron chi connectivity index (χ3n) is 2.48. The van der Waals surface area contributed by atoms with Crippen LogP contribution in [0, 0.1) is 0 Å². The Kier molecular flexibility index (Phi) is 3.22. The molecule has 1 heterocycles. The van der Waals surface area contributed by atoms with Gasteiger partial charge in [0.25, 0.3) is 0 Å². The minimum Gasteiger partial charge on any atom is -0.399 e. The highest BCUT2D eigenvalue weighted by Crippen LogP contribution is 2.11. The topological polar surface area (TPSA) is 69.9 Å². The second kappa shape index (κ2) is 4.81. The summed E-state index contributed by atoms with van der Waals surface area (Å²) in [6.07, 6.45) is 4.55. The van der Waals surface area contributed by atoms with Crippen LogP contribution in [-0.2, 0) is 13.0 Å². The summed E-state index contributed by atoms with van der Waals surface area (Å²) in [5.41, 5.74) is 13.2. The second-order valence-corrected chi connectivity index (χ2v) is 3.75. The first kappa shape index (κ1) is 10.7. The fourth-order valence-electron chi connectivity index (χ4n) is 1.74. The monoisotopic (exact) mass is 216 g/mol. The first-order valence-electron chi connectivity index (χ1n) is 5.34. The number of aromatic nitrogens is 2. The number of benzene rings is 1. The number of hydrogen-bond donors (Lipinski definition) is 2. The summed E-state index contributed by atoms with van der Waals surface area (Å²) in [6, 6.07) is 7.87. The Bertz CT molecular complexity index is 462. The molecule has 2 rings (SSSR count). The molecule has 84 valence electrons. The second-order valence-electron chi connectivity index (χ2n) is 3.75. The van der Waals surface area contributed by atoms with E-state index in [1.54, 1.807) is 6.20 Å². The highest BCUT2D eigenvalue weighted by atomic mass is 15.1. The Morgan fingerprint density at radius 3 is 2.94 bits per heavy atom. The van der Waals surface area contributed by atoms with Gasteiger partial charge in [-0.05, 0) is 17.7 Å². The normalized spacial score (nSPS) is 10.6. The van der Waals surface area contributed by atoms with Crippen LogP contribution in [0.2, 0.25) is 0 Å². The highest BCUT2D eigenvalue weighted by Gasteiger charge is 2.03. The van der Waals surface area contributed by atoms with E-state index in [-0.39, 0.29) is 0 Å². The number of hydrogen-bond acceptors (Lipinski definition) is 3. The average Bonchev–Trinajstić information content (AvgIpc) is 2.66. The first-order chi connectivity index (χ1) is 7.79. The number of nitrogens with two attached hydrogens (primary N) is 2. The molecule has 0 aliphatic carbocycles. The Balaban J connectivity index is 2.17. The van der Waals surface area contributed by atoms with Crippen LogP contribution in [0.1, 0.15) is 11.4 Å². The van der Waals surface area contributed by atoms with E-state index in [4.69, 9.17) is 11.5 Å². The maximum absolute atomic E-state index is 5.74. The lowest BCUT2D eigenvalue weighted by atomic mass is 10.1. The molecule has 0 aliphatic rings. The predicted molar refractivity (Wildman–Crippen MR) is 64.9 cm³/mol. The van der Waals surface area contributed by atoms with Crippen molar-refractivity contribution in [1.29, 1.82) is 0 Å². The quantitative estimate of drug-likeness (QED) is 0.749. The third kappa shape index (κ3) is 2.41. The van der Waals surface area contributed by atoms with Gasteiger partial charge in [-0.15, -0.1) is 0 Å². The van der Waals surface area contributed by atoms with Crippen LogP contribution in [0.15, 0.2) is 36.7 Å². The van der Waals surface area contributed by atoms with E-state index in [0.717, 1.165) is 24.5 Å². The molecule has 2 aromatic rings. The minimum absolute atomic E-state index is 0.625. The molecule has 0 amide bonds. The van der Waals surface area contributed by atoms with Crippen LogP contribution in [0.3, 0.4) is 0 Å². The van der Waals surface area contributed by atoms with Crippen LogP contribution in [0.4, 0.5) is 5.69 Å². The number of anilines is 1. The summed E-state index contributed by atoms with van der Waals surface area (Å²) < 4.78 is 2.07. The first-order valence-corrected chi connectivity index (χ1v) is 5.34. The van der Waals surface area contributed by atoms with Gasteiger partial charge < -0.3 is 16.0 Å². The summed E-state index contributed by atoms with van der Waals surface area (Å²) in [6.45, 7) is 1.43. The van der Waals surface area contributed by atoms with E-state index < -0.39 is 0 Å². The molecule has 0 saturated carbocycles. The van der Waals surface area contributed by atoms with Crippen molar-refractivity contribution in [2.24, 2.45) is 5.73 Å². The SMILES string of the molecule is NCCn1ccnc1Cc1cccc(N)c1. The van der Waals surface area contributed by atoms with Crippen molar-refractivity contribution in [2.75, 3.05) is 12.3 Å². The number of imidazole rings is 1. The van der Waals surface area contributed by atoms with Gasteiger partial charge in [0.05, 0.1) is 0 Å². The van der Waals surface area contributed by atoms with Crippen molar-refractivity contribution in [1.82, 2.24) is 9.55 Å². The Morgan fingerprint density at radius 1 is 1.31 bits per heavy atom. The summed E-state index contributed by atoms with van der Waals surface area (Å²) in [4.78, 5) is 4.33. The number of nitrogen functional groups attached to an aromatic ring is 1. The molecule has 1 aromatic heterocycles. The maximum atomic E-state index is 5.74. The maximum Gasteiger partial charge on any atom is 0.113 e. The van der Waals surface area contributed by atoms with Gasteiger partial charge in [0.2, 0.25) is 0 Å². The van der Waals surface area contributed by atoms with Gasteiger partial charge in [-0.3, -0.25) is 0 Å². The zero-order valence-electron chi connectivity index (χ0n) is 9.13. The molecule has 4 N–H and O–H groups in total. The zero-order valence-corrected chi connectivity index (χ0v) is 9.13.